The van der Waals surface area contributed by atoms with E-state index in [0.29, 0.717) is 6.61 Å². The van der Waals surface area contributed by atoms with Crippen molar-refractivity contribution < 1.29 is 9.53 Å². The molecule has 4 heteroatoms. The van der Waals surface area contributed by atoms with Crippen LogP contribution in [0.25, 0.3) is 0 Å². The molecule has 0 aliphatic heterocycles. The fraction of sp³-hybridized carbons (Fsp3) is 0.357. The van der Waals surface area contributed by atoms with Gasteiger partial charge in [0, 0.05) is 17.9 Å². The van der Waals surface area contributed by atoms with Crippen LogP contribution in [0.1, 0.15) is 18.9 Å². The van der Waals surface area contributed by atoms with E-state index in [1.807, 2.05) is 24.3 Å². The van der Waals surface area contributed by atoms with Gasteiger partial charge in [0.2, 0.25) is 5.91 Å². The maximum absolute atomic E-state index is 11.0. The van der Waals surface area contributed by atoms with Crippen LogP contribution in [0.3, 0.4) is 0 Å². The fourth-order valence-corrected chi connectivity index (χ4v) is 1.78. The summed E-state index contributed by atoms with van der Waals surface area (Å²) in [6.07, 6.45) is 3.50. The number of ether oxygens (including phenoxy) is 1. The molecule has 18 heavy (non-hydrogen) atoms. The molecule has 0 bridgehead atoms. The summed E-state index contributed by atoms with van der Waals surface area (Å²) in [5, 5.41) is 3.69. The first kappa shape index (κ1) is 14.8. The van der Waals surface area contributed by atoms with Gasteiger partial charge in [0.15, 0.2) is 0 Å². The highest BCUT2D eigenvalue weighted by Crippen LogP contribution is 2.24. The fourth-order valence-electron chi connectivity index (χ4n) is 1.55. The Morgan fingerprint density at radius 3 is 2.94 bits per heavy atom. The third-order valence-corrected chi connectivity index (χ3v) is 2.84. The van der Waals surface area contributed by atoms with E-state index in [2.05, 4.69) is 27.8 Å². The molecule has 0 atom stereocenters. The molecule has 1 amide bonds. The molecular weight excluding hydrogens is 294 g/mol. The van der Waals surface area contributed by atoms with E-state index in [-0.39, 0.29) is 5.91 Å². The Hall–Kier alpha value is -1.29. The summed E-state index contributed by atoms with van der Waals surface area (Å²) in [6.45, 7) is 5.90. The number of halogens is 1. The predicted octanol–water partition coefficient (Wildman–Crippen LogP) is 3.54. The van der Waals surface area contributed by atoms with Gasteiger partial charge in [0.05, 0.1) is 6.61 Å². The number of anilines is 1. The minimum atomic E-state index is -0.0764. The van der Waals surface area contributed by atoms with Crippen molar-refractivity contribution in [3.05, 3.63) is 36.4 Å². The topological polar surface area (TPSA) is 38.3 Å². The quantitative estimate of drug-likeness (QED) is 0.475. The number of alkyl halides is 1. The molecule has 1 N–H and O–H groups in total. The number of allylic oxidation sites excluding steroid dienone is 1. The Balaban J connectivity index is 2.82. The van der Waals surface area contributed by atoms with Gasteiger partial charge in [-0.3, -0.25) is 4.79 Å². The molecule has 0 unspecified atom stereocenters. The Labute approximate surface area is 116 Å². The van der Waals surface area contributed by atoms with Crippen LogP contribution in [-0.2, 0) is 11.2 Å². The van der Waals surface area contributed by atoms with Crippen LogP contribution in [0.2, 0.25) is 0 Å². The first-order chi connectivity index (χ1) is 8.67. The molecule has 0 aliphatic rings. The van der Waals surface area contributed by atoms with Gasteiger partial charge >= 0.3 is 0 Å². The SMILES string of the molecule is C=CCc1cc(NC(C)=O)ccc1OCCCBr. The van der Waals surface area contributed by atoms with E-state index in [1.54, 1.807) is 0 Å². The summed E-state index contributed by atoms with van der Waals surface area (Å²) in [7, 11) is 0. The van der Waals surface area contributed by atoms with Crippen molar-refractivity contribution in [2.24, 2.45) is 0 Å². The molecule has 98 valence electrons. The highest BCUT2D eigenvalue weighted by Gasteiger charge is 2.05. The Bertz CT molecular complexity index is 418. The third-order valence-electron chi connectivity index (χ3n) is 2.28. The van der Waals surface area contributed by atoms with Gasteiger partial charge in [-0.05, 0) is 36.6 Å². The van der Waals surface area contributed by atoms with Crippen LogP contribution in [0.15, 0.2) is 30.9 Å². The lowest BCUT2D eigenvalue weighted by Gasteiger charge is -2.12. The van der Waals surface area contributed by atoms with Gasteiger partial charge in [-0.15, -0.1) is 6.58 Å². The average molecular weight is 312 g/mol. The van der Waals surface area contributed by atoms with Crippen LogP contribution in [-0.4, -0.2) is 17.8 Å². The molecule has 0 saturated carbocycles. The van der Waals surface area contributed by atoms with Gasteiger partial charge in [-0.2, -0.15) is 0 Å². The van der Waals surface area contributed by atoms with Crippen molar-refractivity contribution in [2.45, 2.75) is 19.8 Å². The van der Waals surface area contributed by atoms with Crippen molar-refractivity contribution in [1.82, 2.24) is 0 Å². The second kappa shape index (κ2) is 7.93. The number of amides is 1. The standard InChI is InChI=1S/C14H18BrNO2/c1-3-5-12-10-13(16-11(2)17)6-7-14(12)18-9-4-8-15/h3,6-7,10H,1,4-5,8-9H2,2H3,(H,16,17). The second-order valence-corrected chi connectivity index (χ2v) is 4.68. The Kier molecular flexibility index (Phi) is 6.50. The zero-order valence-corrected chi connectivity index (χ0v) is 12.1. The van der Waals surface area contributed by atoms with E-state index < -0.39 is 0 Å². The molecule has 0 radical (unpaired) electrons. The monoisotopic (exact) mass is 311 g/mol. The van der Waals surface area contributed by atoms with E-state index in [9.17, 15) is 4.79 Å². The summed E-state index contributed by atoms with van der Waals surface area (Å²) in [4.78, 5) is 11.0. The molecule has 0 aromatic heterocycles. The summed E-state index contributed by atoms with van der Waals surface area (Å²) in [5.74, 6) is 0.775. The van der Waals surface area contributed by atoms with E-state index in [0.717, 1.165) is 35.2 Å². The zero-order chi connectivity index (χ0) is 13.4. The minimum Gasteiger partial charge on any atom is -0.493 e. The molecule has 3 nitrogen and oxygen atoms in total. The average Bonchev–Trinajstić information content (AvgIpc) is 2.32. The number of rotatable bonds is 7. The minimum absolute atomic E-state index is 0.0764. The Morgan fingerprint density at radius 2 is 2.33 bits per heavy atom. The molecule has 1 rings (SSSR count). The summed E-state index contributed by atoms with van der Waals surface area (Å²) < 4.78 is 5.70. The molecule has 0 saturated heterocycles. The largest absolute Gasteiger partial charge is 0.493 e. The summed E-state index contributed by atoms with van der Waals surface area (Å²) in [5.41, 5.74) is 1.82. The number of hydrogen-bond donors (Lipinski definition) is 1. The van der Waals surface area contributed by atoms with Gasteiger partial charge in [0.25, 0.3) is 0 Å². The van der Waals surface area contributed by atoms with Crippen molar-refractivity contribution in [2.75, 3.05) is 17.3 Å². The van der Waals surface area contributed by atoms with Crippen LogP contribution < -0.4 is 10.1 Å². The van der Waals surface area contributed by atoms with E-state index in [4.69, 9.17) is 4.74 Å². The van der Waals surface area contributed by atoms with Crippen LogP contribution in [0, 0.1) is 0 Å². The lowest BCUT2D eigenvalue weighted by atomic mass is 10.1. The molecule has 0 aliphatic carbocycles. The normalized spacial score (nSPS) is 9.89. The molecule has 0 spiro atoms. The maximum atomic E-state index is 11.0. The first-order valence-electron chi connectivity index (χ1n) is 5.87. The van der Waals surface area contributed by atoms with Crippen LogP contribution >= 0.6 is 15.9 Å². The molecule has 1 aromatic carbocycles. The highest BCUT2D eigenvalue weighted by atomic mass is 79.9. The second-order valence-electron chi connectivity index (χ2n) is 3.89. The number of carbonyl (C=O) groups excluding carboxylic acids is 1. The summed E-state index contributed by atoms with van der Waals surface area (Å²) >= 11 is 3.37. The zero-order valence-electron chi connectivity index (χ0n) is 10.5. The highest BCUT2D eigenvalue weighted by molar-refractivity contribution is 9.09. The van der Waals surface area contributed by atoms with Gasteiger partial charge < -0.3 is 10.1 Å². The van der Waals surface area contributed by atoms with E-state index in [1.165, 1.54) is 6.92 Å². The van der Waals surface area contributed by atoms with Crippen molar-refractivity contribution in [3.8, 4) is 5.75 Å². The van der Waals surface area contributed by atoms with Crippen molar-refractivity contribution in [1.29, 1.82) is 0 Å². The first-order valence-corrected chi connectivity index (χ1v) is 6.99. The number of carbonyl (C=O) groups is 1. The van der Waals surface area contributed by atoms with Crippen LogP contribution in [0.5, 0.6) is 5.75 Å². The molecule has 0 fully saturated rings. The van der Waals surface area contributed by atoms with Gasteiger partial charge in [-0.25, -0.2) is 0 Å². The van der Waals surface area contributed by atoms with Crippen molar-refractivity contribution >= 4 is 27.5 Å². The van der Waals surface area contributed by atoms with E-state index >= 15 is 0 Å². The maximum Gasteiger partial charge on any atom is 0.221 e. The number of hydrogen-bond acceptors (Lipinski definition) is 2. The lowest BCUT2D eigenvalue weighted by Crippen LogP contribution is -2.07. The third kappa shape index (κ3) is 4.92. The van der Waals surface area contributed by atoms with Crippen molar-refractivity contribution in [3.63, 3.8) is 0 Å². The summed E-state index contributed by atoms with van der Waals surface area (Å²) in [6, 6.07) is 5.66. The molecule has 1 aromatic rings. The Morgan fingerprint density at radius 1 is 1.56 bits per heavy atom. The van der Waals surface area contributed by atoms with Gasteiger partial charge in [-0.1, -0.05) is 22.0 Å². The molecular formula is C14H18BrNO2. The smallest absolute Gasteiger partial charge is 0.221 e. The predicted molar refractivity (Wildman–Crippen MR) is 78.6 cm³/mol. The van der Waals surface area contributed by atoms with Crippen LogP contribution in [0.4, 0.5) is 5.69 Å². The molecule has 0 heterocycles. The number of benzene rings is 1. The lowest BCUT2D eigenvalue weighted by molar-refractivity contribution is -0.114. The number of nitrogens with one attached hydrogen (secondary N) is 1. The van der Waals surface area contributed by atoms with Gasteiger partial charge in [0.1, 0.15) is 5.75 Å².